The Morgan fingerprint density at radius 2 is 1.74 bits per heavy atom. The van der Waals surface area contributed by atoms with Crippen LogP contribution in [0.3, 0.4) is 0 Å². The van der Waals surface area contributed by atoms with E-state index in [1.807, 2.05) is 42.5 Å². The Bertz CT molecular complexity index is 1420. The number of fused-ring (bicyclic) bond motifs is 2. The standard InChI is InChI=1S/C32H34N2O3.ClH/c1-22(27-15-8-11-23-10-4-5-14-28(23)27)33-19-18-26-21-34(29-16-6-7-17-30(29)37-26)25-13-9-12-24(20-25)32(2,3)31(35)36;/h4-17,20,22,26,33H,18-19,21H2,1-3H3,(H,35,36);1H/t22-,26?;/m1./s1. The number of anilines is 2. The van der Waals surface area contributed by atoms with Crippen molar-refractivity contribution in [1.29, 1.82) is 0 Å². The zero-order chi connectivity index (χ0) is 26.0. The number of carbonyl (C=O) groups is 1. The first-order valence-electron chi connectivity index (χ1n) is 12.9. The Morgan fingerprint density at radius 3 is 2.55 bits per heavy atom. The highest BCUT2D eigenvalue weighted by Crippen LogP contribution is 2.39. The molecule has 0 aromatic heterocycles. The van der Waals surface area contributed by atoms with Crippen LogP contribution in [0.5, 0.6) is 5.75 Å². The zero-order valence-corrected chi connectivity index (χ0v) is 22.9. The van der Waals surface area contributed by atoms with E-state index >= 15 is 0 Å². The molecule has 1 aliphatic heterocycles. The molecule has 0 spiro atoms. The van der Waals surface area contributed by atoms with E-state index < -0.39 is 11.4 Å². The third kappa shape index (κ3) is 5.50. The largest absolute Gasteiger partial charge is 0.486 e. The topological polar surface area (TPSA) is 61.8 Å². The first-order valence-corrected chi connectivity index (χ1v) is 12.9. The molecule has 0 fully saturated rings. The summed E-state index contributed by atoms with van der Waals surface area (Å²) in [4.78, 5) is 14.1. The highest BCUT2D eigenvalue weighted by Gasteiger charge is 2.31. The lowest BCUT2D eigenvalue weighted by molar-refractivity contribution is -0.142. The summed E-state index contributed by atoms with van der Waals surface area (Å²) in [5.41, 5.74) is 3.09. The van der Waals surface area contributed by atoms with Crippen molar-refractivity contribution in [2.75, 3.05) is 18.0 Å². The van der Waals surface area contributed by atoms with Crippen LogP contribution in [0.4, 0.5) is 11.4 Å². The molecule has 5 nitrogen and oxygen atoms in total. The van der Waals surface area contributed by atoms with Gasteiger partial charge in [-0.1, -0.05) is 66.7 Å². The fraction of sp³-hybridized carbons (Fsp3) is 0.281. The summed E-state index contributed by atoms with van der Waals surface area (Å²) in [6.45, 7) is 7.21. The van der Waals surface area contributed by atoms with Crippen LogP contribution in [0, 0.1) is 0 Å². The number of halogens is 1. The third-order valence-corrected chi connectivity index (χ3v) is 7.46. The first-order chi connectivity index (χ1) is 17.8. The van der Waals surface area contributed by atoms with Crippen LogP contribution in [-0.2, 0) is 10.2 Å². The normalized spacial score (nSPS) is 15.8. The first kappa shape index (κ1) is 27.5. The molecule has 0 bridgehead atoms. The van der Waals surface area contributed by atoms with E-state index in [0.29, 0.717) is 6.54 Å². The van der Waals surface area contributed by atoms with Gasteiger partial charge < -0.3 is 20.1 Å². The lowest BCUT2D eigenvalue weighted by Crippen LogP contribution is -2.39. The molecule has 0 saturated heterocycles. The molecule has 5 rings (SSSR count). The average molecular weight is 531 g/mol. The molecule has 1 aliphatic rings. The van der Waals surface area contributed by atoms with Gasteiger partial charge in [-0.25, -0.2) is 0 Å². The lowest BCUT2D eigenvalue weighted by atomic mass is 9.84. The summed E-state index contributed by atoms with van der Waals surface area (Å²) in [7, 11) is 0. The summed E-state index contributed by atoms with van der Waals surface area (Å²) in [5, 5.41) is 16.0. The number of nitrogens with one attached hydrogen (secondary N) is 1. The van der Waals surface area contributed by atoms with Crippen molar-refractivity contribution in [3.63, 3.8) is 0 Å². The molecule has 0 amide bonds. The Labute approximate surface area is 230 Å². The van der Waals surface area contributed by atoms with Crippen LogP contribution < -0.4 is 15.0 Å². The van der Waals surface area contributed by atoms with E-state index in [9.17, 15) is 9.90 Å². The van der Waals surface area contributed by atoms with Gasteiger partial charge in [0.1, 0.15) is 11.9 Å². The van der Waals surface area contributed by atoms with Gasteiger partial charge in [-0.05, 0) is 79.9 Å². The number of nitrogens with zero attached hydrogens (tertiary/aromatic N) is 1. The third-order valence-electron chi connectivity index (χ3n) is 7.46. The maximum Gasteiger partial charge on any atom is 0.313 e. The minimum Gasteiger partial charge on any atom is -0.486 e. The van der Waals surface area contributed by atoms with Crippen LogP contribution in [0.1, 0.15) is 44.4 Å². The van der Waals surface area contributed by atoms with Gasteiger partial charge in [-0.2, -0.15) is 0 Å². The monoisotopic (exact) mass is 530 g/mol. The molecule has 6 heteroatoms. The number of benzene rings is 4. The highest BCUT2D eigenvalue weighted by atomic mass is 35.5. The van der Waals surface area contributed by atoms with Crippen molar-refractivity contribution in [2.24, 2.45) is 0 Å². The summed E-state index contributed by atoms with van der Waals surface area (Å²) in [5.74, 6) is 0.0139. The van der Waals surface area contributed by atoms with Crippen molar-refractivity contribution in [3.8, 4) is 5.75 Å². The van der Waals surface area contributed by atoms with Crippen molar-refractivity contribution in [1.82, 2.24) is 5.32 Å². The number of para-hydroxylation sites is 2. The quantitative estimate of drug-likeness (QED) is 0.251. The highest BCUT2D eigenvalue weighted by molar-refractivity contribution is 5.86. The summed E-state index contributed by atoms with van der Waals surface area (Å²) in [6, 6.07) is 31.1. The summed E-state index contributed by atoms with van der Waals surface area (Å²) >= 11 is 0. The predicted octanol–water partition coefficient (Wildman–Crippen LogP) is 7.26. The van der Waals surface area contributed by atoms with Crippen molar-refractivity contribution in [3.05, 3.63) is 102 Å². The minimum atomic E-state index is -0.969. The van der Waals surface area contributed by atoms with Crippen LogP contribution in [0.15, 0.2) is 91.0 Å². The maximum atomic E-state index is 11.9. The molecule has 1 heterocycles. The number of hydrogen-bond donors (Lipinski definition) is 2. The predicted molar refractivity (Wildman–Crippen MR) is 157 cm³/mol. The molecule has 1 unspecified atom stereocenters. The number of ether oxygens (including phenoxy) is 1. The SMILES string of the molecule is C[C@@H](NCCC1CN(c2cccc(C(C)(C)C(=O)O)c2)c2ccccc2O1)c1cccc2ccccc12.Cl. The van der Waals surface area contributed by atoms with Gasteiger partial charge in [0.25, 0.3) is 0 Å². The van der Waals surface area contributed by atoms with E-state index in [2.05, 4.69) is 65.7 Å². The van der Waals surface area contributed by atoms with E-state index in [1.165, 1.54) is 16.3 Å². The summed E-state index contributed by atoms with van der Waals surface area (Å²) < 4.78 is 6.40. The van der Waals surface area contributed by atoms with Gasteiger partial charge in [-0.15, -0.1) is 12.4 Å². The van der Waals surface area contributed by atoms with E-state index in [-0.39, 0.29) is 24.6 Å². The van der Waals surface area contributed by atoms with Crippen LogP contribution in [0.25, 0.3) is 10.8 Å². The average Bonchev–Trinajstić information content (AvgIpc) is 2.92. The number of carboxylic acid groups (broad SMARTS) is 1. The second-order valence-electron chi connectivity index (χ2n) is 10.3. The molecule has 38 heavy (non-hydrogen) atoms. The number of hydrogen-bond acceptors (Lipinski definition) is 4. The van der Waals surface area contributed by atoms with Gasteiger partial charge in [0.2, 0.25) is 0 Å². The molecule has 4 aromatic rings. The van der Waals surface area contributed by atoms with Crippen LogP contribution in [0.2, 0.25) is 0 Å². The molecule has 0 radical (unpaired) electrons. The van der Waals surface area contributed by atoms with E-state index in [1.54, 1.807) is 13.8 Å². The maximum absolute atomic E-state index is 11.9. The molecular formula is C32H35ClN2O3. The Morgan fingerprint density at radius 1 is 1.03 bits per heavy atom. The van der Waals surface area contributed by atoms with Crippen LogP contribution in [-0.4, -0.2) is 30.3 Å². The molecule has 198 valence electrons. The molecule has 2 N–H and O–H groups in total. The molecule has 2 atom stereocenters. The lowest BCUT2D eigenvalue weighted by Gasteiger charge is -2.37. The second-order valence-corrected chi connectivity index (χ2v) is 10.3. The van der Waals surface area contributed by atoms with Gasteiger partial charge in [-0.3, -0.25) is 4.79 Å². The number of rotatable bonds is 8. The Hall–Kier alpha value is -3.54. The molecular weight excluding hydrogens is 496 g/mol. The van der Waals surface area contributed by atoms with E-state index in [4.69, 9.17) is 4.74 Å². The van der Waals surface area contributed by atoms with Gasteiger partial charge >= 0.3 is 5.97 Å². The van der Waals surface area contributed by atoms with Gasteiger partial charge in [0, 0.05) is 11.7 Å². The molecule has 4 aromatic carbocycles. The van der Waals surface area contributed by atoms with Gasteiger partial charge in [0.05, 0.1) is 17.6 Å². The second kappa shape index (κ2) is 11.5. The summed E-state index contributed by atoms with van der Waals surface area (Å²) in [6.07, 6.45) is 0.846. The van der Waals surface area contributed by atoms with E-state index in [0.717, 1.165) is 35.7 Å². The molecule has 0 aliphatic carbocycles. The molecule has 0 saturated carbocycles. The van der Waals surface area contributed by atoms with Crippen molar-refractivity contribution >= 4 is 40.5 Å². The smallest absolute Gasteiger partial charge is 0.313 e. The fourth-order valence-electron chi connectivity index (χ4n) is 5.08. The van der Waals surface area contributed by atoms with Crippen LogP contribution >= 0.6 is 12.4 Å². The number of aliphatic carboxylic acids is 1. The number of carboxylic acids is 1. The Balaban J connectivity index is 0.00000336. The van der Waals surface area contributed by atoms with Gasteiger partial charge in [0.15, 0.2) is 0 Å². The fourth-order valence-corrected chi connectivity index (χ4v) is 5.08. The Kier molecular flexibility index (Phi) is 8.29. The minimum absolute atomic E-state index is 0. The van der Waals surface area contributed by atoms with Crippen molar-refractivity contribution < 1.29 is 14.6 Å². The zero-order valence-electron chi connectivity index (χ0n) is 22.1. The van der Waals surface area contributed by atoms with Crippen molar-refractivity contribution in [2.45, 2.75) is 44.8 Å².